The number of pyridine rings is 1. The van der Waals surface area contributed by atoms with E-state index < -0.39 is 11.6 Å². The second-order valence-corrected chi connectivity index (χ2v) is 3.81. The first-order valence-electron chi connectivity index (χ1n) is 5.21. The molecule has 4 nitrogen and oxygen atoms in total. The third-order valence-corrected chi connectivity index (χ3v) is 2.59. The summed E-state index contributed by atoms with van der Waals surface area (Å²) in [6.07, 6.45) is 1.57. The van der Waals surface area contributed by atoms with Crippen LogP contribution in [0.4, 0.5) is 14.5 Å². The average molecular weight is 246 g/mol. The minimum absolute atomic E-state index is 0.328. The molecule has 2 aromatic heterocycles. The summed E-state index contributed by atoms with van der Waals surface area (Å²) in [7, 11) is 0. The van der Waals surface area contributed by atoms with E-state index in [-0.39, 0.29) is 0 Å². The van der Waals surface area contributed by atoms with Crippen molar-refractivity contribution in [1.29, 1.82) is 0 Å². The third kappa shape index (κ3) is 1.58. The zero-order chi connectivity index (χ0) is 12.7. The summed E-state index contributed by atoms with van der Waals surface area (Å²) < 4.78 is 26.1. The van der Waals surface area contributed by atoms with Gasteiger partial charge in [0, 0.05) is 18.3 Å². The van der Waals surface area contributed by atoms with E-state index in [1.165, 1.54) is 0 Å². The molecule has 0 aliphatic carbocycles. The quantitative estimate of drug-likeness (QED) is 0.693. The molecule has 0 fully saturated rings. The van der Waals surface area contributed by atoms with Crippen molar-refractivity contribution in [3.8, 4) is 11.5 Å². The van der Waals surface area contributed by atoms with Crippen molar-refractivity contribution in [3.05, 3.63) is 42.1 Å². The van der Waals surface area contributed by atoms with Crippen LogP contribution in [0.2, 0.25) is 0 Å². The van der Waals surface area contributed by atoms with Crippen LogP contribution >= 0.6 is 0 Å². The summed E-state index contributed by atoms with van der Waals surface area (Å²) >= 11 is 0. The Kier molecular flexibility index (Phi) is 2.22. The van der Waals surface area contributed by atoms with E-state index in [4.69, 9.17) is 5.73 Å². The number of hydrogen-bond acceptors (Lipinski definition) is 3. The monoisotopic (exact) mass is 246 g/mol. The largest absolute Gasteiger partial charge is 0.397 e. The Bertz CT molecular complexity index is 697. The topological polar surface area (TPSA) is 67.6 Å². The summed E-state index contributed by atoms with van der Waals surface area (Å²) in [4.78, 5) is 11.1. The molecule has 0 bridgehead atoms. The maximum absolute atomic E-state index is 13.1. The summed E-state index contributed by atoms with van der Waals surface area (Å²) in [5.74, 6) is -1.48. The van der Waals surface area contributed by atoms with Gasteiger partial charge in [-0.25, -0.2) is 13.8 Å². The van der Waals surface area contributed by atoms with E-state index in [0.717, 1.165) is 12.1 Å². The molecule has 0 amide bonds. The molecular weight excluding hydrogens is 238 g/mol. The molecule has 0 saturated heterocycles. The number of nitrogens with two attached hydrogens (primary N) is 1. The summed E-state index contributed by atoms with van der Waals surface area (Å²) in [5, 5.41) is 0. The predicted octanol–water partition coefficient (Wildman–Crippen LogP) is 2.49. The van der Waals surface area contributed by atoms with Crippen LogP contribution < -0.4 is 5.73 Å². The molecule has 90 valence electrons. The average Bonchev–Trinajstić information content (AvgIpc) is 2.73. The highest BCUT2D eigenvalue weighted by Gasteiger charge is 2.12. The number of rotatable bonds is 1. The summed E-state index contributed by atoms with van der Waals surface area (Å²) in [6, 6.07) is 5.46. The molecule has 0 saturated carbocycles. The molecule has 3 aromatic rings. The van der Waals surface area contributed by atoms with Crippen LogP contribution in [0.15, 0.2) is 30.5 Å². The van der Waals surface area contributed by atoms with Gasteiger partial charge in [0.05, 0.1) is 16.7 Å². The normalized spacial score (nSPS) is 11.0. The molecular formula is C12H8F2N4. The highest BCUT2D eigenvalue weighted by Crippen LogP contribution is 2.24. The Morgan fingerprint density at radius 1 is 1.17 bits per heavy atom. The highest BCUT2D eigenvalue weighted by atomic mass is 19.2. The van der Waals surface area contributed by atoms with Gasteiger partial charge in [0.1, 0.15) is 5.69 Å². The molecule has 0 radical (unpaired) electrons. The Hall–Kier alpha value is -2.50. The van der Waals surface area contributed by atoms with Gasteiger partial charge in [0.2, 0.25) is 0 Å². The van der Waals surface area contributed by atoms with E-state index >= 15 is 0 Å². The molecule has 2 heterocycles. The van der Waals surface area contributed by atoms with E-state index in [1.54, 1.807) is 18.3 Å². The molecule has 6 heteroatoms. The maximum atomic E-state index is 13.1. The zero-order valence-corrected chi connectivity index (χ0v) is 9.11. The smallest absolute Gasteiger partial charge is 0.161 e. The third-order valence-electron chi connectivity index (χ3n) is 2.59. The SMILES string of the molecule is Nc1cccnc1-c1nc2cc(F)c(F)cc2[nH]1. The lowest BCUT2D eigenvalue weighted by Gasteiger charge is -1.98. The van der Waals surface area contributed by atoms with Crippen molar-refractivity contribution in [2.24, 2.45) is 0 Å². The predicted molar refractivity (Wildman–Crippen MR) is 63.7 cm³/mol. The number of hydrogen-bond donors (Lipinski definition) is 2. The summed E-state index contributed by atoms with van der Waals surface area (Å²) in [5.41, 5.74) is 7.38. The fourth-order valence-corrected chi connectivity index (χ4v) is 1.73. The Balaban J connectivity index is 2.23. The van der Waals surface area contributed by atoms with Gasteiger partial charge in [-0.15, -0.1) is 0 Å². The van der Waals surface area contributed by atoms with Crippen molar-refractivity contribution >= 4 is 16.7 Å². The van der Waals surface area contributed by atoms with Crippen LogP contribution in [0.25, 0.3) is 22.6 Å². The van der Waals surface area contributed by atoms with Crippen LogP contribution in [-0.2, 0) is 0 Å². The molecule has 0 aliphatic heterocycles. The van der Waals surface area contributed by atoms with Crippen molar-refractivity contribution < 1.29 is 8.78 Å². The van der Waals surface area contributed by atoms with Crippen molar-refractivity contribution in [1.82, 2.24) is 15.0 Å². The number of aromatic amines is 1. The van der Waals surface area contributed by atoms with Gasteiger partial charge < -0.3 is 10.7 Å². The van der Waals surface area contributed by atoms with Gasteiger partial charge >= 0.3 is 0 Å². The Morgan fingerprint density at radius 3 is 2.72 bits per heavy atom. The molecule has 0 spiro atoms. The van der Waals surface area contributed by atoms with Gasteiger partial charge in [0.25, 0.3) is 0 Å². The number of nitrogens with zero attached hydrogens (tertiary/aromatic N) is 2. The minimum Gasteiger partial charge on any atom is -0.397 e. The van der Waals surface area contributed by atoms with Crippen molar-refractivity contribution in [2.75, 3.05) is 5.73 Å². The van der Waals surface area contributed by atoms with Crippen molar-refractivity contribution in [2.45, 2.75) is 0 Å². The van der Waals surface area contributed by atoms with Gasteiger partial charge in [-0.2, -0.15) is 0 Å². The Labute approximate surface area is 100 Å². The zero-order valence-electron chi connectivity index (χ0n) is 9.11. The molecule has 3 rings (SSSR count). The number of halogens is 2. The standard InChI is InChI=1S/C12H8F2N4/c13-6-4-9-10(5-7(6)14)18-12(17-9)11-8(15)2-1-3-16-11/h1-5H,15H2,(H,17,18). The molecule has 3 N–H and O–H groups in total. The lowest BCUT2D eigenvalue weighted by Crippen LogP contribution is -1.93. The van der Waals surface area contributed by atoms with Crippen LogP contribution in [0.3, 0.4) is 0 Å². The van der Waals surface area contributed by atoms with E-state index in [2.05, 4.69) is 15.0 Å². The number of fused-ring (bicyclic) bond motifs is 1. The number of aromatic nitrogens is 3. The molecule has 0 unspecified atom stereocenters. The highest BCUT2D eigenvalue weighted by molar-refractivity contribution is 5.81. The van der Waals surface area contributed by atoms with Crippen LogP contribution in [-0.4, -0.2) is 15.0 Å². The van der Waals surface area contributed by atoms with Crippen LogP contribution in [0.5, 0.6) is 0 Å². The number of imidazole rings is 1. The number of anilines is 1. The first kappa shape index (κ1) is 10.6. The number of H-pyrrole nitrogens is 1. The minimum atomic E-state index is -0.936. The lowest BCUT2D eigenvalue weighted by molar-refractivity contribution is 0.510. The van der Waals surface area contributed by atoms with E-state index in [9.17, 15) is 8.78 Å². The molecule has 0 atom stereocenters. The fraction of sp³-hybridized carbons (Fsp3) is 0. The first-order chi connectivity index (χ1) is 8.65. The lowest BCUT2D eigenvalue weighted by atomic mass is 10.3. The fourth-order valence-electron chi connectivity index (χ4n) is 1.73. The van der Waals surface area contributed by atoms with E-state index in [0.29, 0.717) is 28.2 Å². The second kappa shape index (κ2) is 3.76. The van der Waals surface area contributed by atoms with Gasteiger partial charge in [0.15, 0.2) is 17.5 Å². The first-order valence-corrected chi connectivity index (χ1v) is 5.21. The molecule has 0 aliphatic rings. The number of nitrogens with one attached hydrogen (secondary N) is 1. The van der Waals surface area contributed by atoms with Crippen molar-refractivity contribution in [3.63, 3.8) is 0 Å². The maximum Gasteiger partial charge on any atom is 0.161 e. The number of nitrogen functional groups attached to an aromatic ring is 1. The van der Waals surface area contributed by atoms with Crippen LogP contribution in [0, 0.1) is 11.6 Å². The Morgan fingerprint density at radius 2 is 1.94 bits per heavy atom. The number of benzene rings is 1. The van der Waals surface area contributed by atoms with Gasteiger partial charge in [-0.05, 0) is 12.1 Å². The van der Waals surface area contributed by atoms with E-state index in [1.807, 2.05) is 0 Å². The van der Waals surface area contributed by atoms with Gasteiger partial charge in [-0.1, -0.05) is 0 Å². The molecule has 1 aromatic carbocycles. The summed E-state index contributed by atoms with van der Waals surface area (Å²) in [6.45, 7) is 0. The second-order valence-electron chi connectivity index (χ2n) is 3.81. The van der Waals surface area contributed by atoms with Gasteiger partial charge in [-0.3, -0.25) is 4.98 Å². The molecule has 18 heavy (non-hydrogen) atoms. The van der Waals surface area contributed by atoms with Crippen LogP contribution in [0.1, 0.15) is 0 Å².